The molecule has 5 nitrogen and oxygen atoms in total. The molecule has 3 aromatic rings. The second-order valence-electron chi connectivity index (χ2n) is 7.47. The highest BCUT2D eigenvalue weighted by Crippen LogP contribution is 2.28. The topological polar surface area (TPSA) is 54.3 Å². The molecule has 0 aliphatic carbocycles. The molecule has 0 saturated heterocycles. The van der Waals surface area contributed by atoms with Gasteiger partial charge in [-0.2, -0.15) is 5.10 Å². The molecule has 0 atom stereocenters. The number of rotatable bonds is 6. The third-order valence-corrected chi connectivity index (χ3v) is 5.45. The van der Waals surface area contributed by atoms with Gasteiger partial charge >= 0.3 is 5.97 Å². The molecule has 0 fully saturated rings. The van der Waals surface area contributed by atoms with Crippen LogP contribution < -0.4 is 0 Å². The van der Waals surface area contributed by atoms with Gasteiger partial charge in [0.25, 0.3) is 0 Å². The molecule has 1 aliphatic rings. The first-order valence-electron chi connectivity index (χ1n) is 10.7. The van der Waals surface area contributed by atoms with Gasteiger partial charge in [-0.1, -0.05) is 78.3 Å². The molecule has 0 amide bonds. The molecule has 0 aromatic heterocycles. The molecular weight excluding hydrogens is 434 g/mol. The molecule has 0 bridgehead atoms. The van der Waals surface area contributed by atoms with Crippen LogP contribution >= 0.6 is 11.6 Å². The molecule has 0 saturated carbocycles. The number of hydrogen-bond acceptors (Lipinski definition) is 5. The SMILES string of the molecule is CCOC(=O)/C(C)=N/N1CN=C(c2ccc(Cl)cc2)C=C1c1ccc(-c2ccccc2)cc1. The highest BCUT2D eigenvalue weighted by Gasteiger charge is 2.20. The number of allylic oxidation sites excluding steroid dienone is 1. The van der Waals surface area contributed by atoms with Crippen molar-refractivity contribution in [3.05, 3.63) is 101 Å². The molecule has 1 aliphatic heterocycles. The van der Waals surface area contributed by atoms with Gasteiger partial charge in [-0.25, -0.2) is 9.80 Å². The normalized spacial score (nSPS) is 13.9. The van der Waals surface area contributed by atoms with Gasteiger partial charge in [0.2, 0.25) is 0 Å². The van der Waals surface area contributed by atoms with Crippen molar-refractivity contribution in [1.29, 1.82) is 0 Å². The maximum absolute atomic E-state index is 12.1. The number of aliphatic imine (C=N–C) groups is 1. The van der Waals surface area contributed by atoms with Gasteiger partial charge in [0, 0.05) is 5.02 Å². The summed E-state index contributed by atoms with van der Waals surface area (Å²) in [5.41, 5.74) is 6.15. The Morgan fingerprint density at radius 1 is 0.939 bits per heavy atom. The number of carbonyl (C=O) groups excluding carboxylic acids is 1. The highest BCUT2D eigenvalue weighted by atomic mass is 35.5. The summed E-state index contributed by atoms with van der Waals surface area (Å²) < 4.78 is 5.09. The van der Waals surface area contributed by atoms with Crippen molar-refractivity contribution in [1.82, 2.24) is 5.01 Å². The van der Waals surface area contributed by atoms with E-state index in [0.29, 0.717) is 11.6 Å². The van der Waals surface area contributed by atoms with Crippen molar-refractivity contribution in [2.75, 3.05) is 13.3 Å². The molecule has 6 heteroatoms. The van der Waals surface area contributed by atoms with E-state index in [1.54, 1.807) is 18.9 Å². The summed E-state index contributed by atoms with van der Waals surface area (Å²) in [6, 6.07) is 26.1. The molecule has 166 valence electrons. The first kappa shape index (κ1) is 22.5. The first-order chi connectivity index (χ1) is 16.0. The zero-order valence-corrected chi connectivity index (χ0v) is 19.3. The number of hydrogen-bond donors (Lipinski definition) is 0. The standard InChI is InChI=1S/C27H24ClN3O2/c1-3-33-27(32)19(2)30-31-18-29-25(22-13-15-24(28)16-14-22)17-26(31)23-11-9-21(10-12-23)20-7-5-4-6-8-20/h4-17H,3,18H2,1-2H3/b30-19+. The maximum Gasteiger partial charge on any atom is 0.354 e. The molecule has 0 radical (unpaired) electrons. The average molecular weight is 458 g/mol. The fraction of sp³-hybridized carbons (Fsp3) is 0.148. The molecule has 3 aromatic carbocycles. The Kier molecular flexibility index (Phi) is 7.01. The van der Waals surface area contributed by atoms with Crippen LogP contribution in [0.15, 0.2) is 95.0 Å². The number of halogens is 1. The van der Waals surface area contributed by atoms with Crippen LogP contribution in [0.1, 0.15) is 25.0 Å². The van der Waals surface area contributed by atoms with Crippen LogP contribution in [0.2, 0.25) is 5.02 Å². The van der Waals surface area contributed by atoms with E-state index in [1.807, 2.05) is 48.5 Å². The van der Waals surface area contributed by atoms with Crippen LogP contribution in [0.4, 0.5) is 0 Å². The van der Waals surface area contributed by atoms with E-state index < -0.39 is 5.97 Å². The van der Waals surface area contributed by atoms with Gasteiger partial charge in [0.05, 0.1) is 18.0 Å². The fourth-order valence-corrected chi connectivity index (χ4v) is 3.63. The second kappa shape index (κ2) is 10.3. The number of carbonyl (C=O) groups is 1. The fourth-order valence-electron chi connectivity index (χ4n) is 3.50. The predicted molar refractivity (Wildman–Crippen MR) is 134 cm³/mol. The predicted octanol–water partition coefficient (Wildman–Crippen LogP) is 6.05. The van der Waals surface area contributed by atoms with Crippen molar-refractivity contribution < 1.29 is 9.53 Å². The van der Waals surface area contributed by atoms with Gasteiger partial charge < -0.3 is 4.74 Å². The lowest BCUT2D eigenvalue weighted by Gasteiger charge is -2.26. The quantitative estimate of drug-likeness (QED) is 0.334. The Labute approximate surface area is 198 Å². The van der Waals surface area contributed by atoms with Crippen LogP contribution in [-0.4, -0.2) is 35.7 Å². The van der Waals surface area contributed by atoms with Crippen molar-refractivity contribution in [3.63, 3.8) is 0 Å². The third-order valence-electron chi connectivity index (χ3n) is 5.20. The summed E-state index contributed by atoms with van der Waals surface area (Å²) in [5.74, 6) is -0.441. The number of nitrogens with zero attached hydrogens (tertiary/aromatic N) is 3. The Bertz CT molecular complexity index is 1210. The van der Waals surface area contributed by atoms with Gasteiger partial charge in [-0.15, -0.1) is 0 Å². The minimum absolute atomic E-state index is 0.272. The van der Waals surface area contributed by atoms with E-state index in [0.717, 1.165) is 33.7 Å². The molecule has 4 rings (SSSR count). The van der Waals surface area contributed by atoms with E-state index in [9.17, 15) is 4.79 Å². The zero-order chi connectivity index (χ0) is 23.2. The van der Waals surface area contributed by atoms with E-state index in [-0.39, 0.29) is 12.4 Å². The first-order valence-corrected chi connectivity index (χ1v) is 11.1. The largest absolute Gasteiger partial charge is 0.461 e. The number of ether oxygens (including phenoxy) is 1. The van der Waals surface area contributed by atoms with E-state index in [4.69, 9.17) is 16.3 Å². The number of hydrazone groups is 1. The highest BCUT2D eigenvalue weighted by molar-refractivity contribution is 6.35. The molecule has 0 spiro atoms. The summed E-state index contributed by atoms with van der Waals surface area (Å²) in [5, 5.41) is 6.91. The van der Waals surface area contributed by atoms with Crippen molar-refractivity contribution in [3.8, 4) is 11.1 Å². The Morgan fingerprint density at radius 3 is 2.21 bits per heavy atom. The number of esters is 1. The molecule has 0 N–H and O–H groups in total. The maximum atomic E-state index is 12.1. The minimum atomic E-state index is -0.441. The lowest BCUT2D eigenvalue weighted by atomic mass is 10.0. The van der Waals surface area contributed by atoms with Crippen molar-refractivity contribution in [2.45, 2.75) is 13.8 Å². The Balaban J connectivity index is 1.70. The summed E-state index contributed by atoms with van der Waals surface area (Å²) in [6.07, 6.45) is 1.98. The van der Waals surface area contributed by atoms with Gasteiger partial charge in [0.15, 0.2) is 0 Å². The molecule has 0 unspecified atom stereocenters. The van der Waals surface area contributed by atoms with Crippen LogP contribution in [0, 0.1) is 0 Å². The summed E-state index contributed by atoms with van der Waals surface area (Å²) in [6.45, 7) is 4.00. The monoisotopic (exact) mass is 457 g/mol. The molecule has 33 heavy (non-hydrogen) atoms. The Morgan fingerprint density at radius 2 is 1.55 bits per heavy atom. The molecular formula is C27H24ClN3O2. The van der Waals surface area contributed by atoms with Crippen molar-refractivity contribution >= 4 is 34.7 Å². The summed E-state index contributed by atoms with van der Waals surface area (Å²) in [7, 11) is 0. The van der Waals surface area contributed by atoms with E-state index in [2.05, 4.69) is 46.5 Å². The second-order valence-corrected chi connectivity index (χ2v) is 7.91. The molecule has 1 heterocycles. The summed E-state index contributed by atoms with van der Waals surface area (Å²) >= 11 is 6.05. The third kappa shape index (κ3) is 5.38. The van der Waals surface area contributed by atoms with Crippen LogP contribution in [0.25, 0.3) is 16.8 Å². The minimum Gasteiger partial charge on any atom is -0.461 e. The van der Waals surface area contributed by atoms with E-state index in [1.165, 1.54) is 0 Å². The van der Waals surface area contributed by atoms with Crippen LogP contribution in [0.5, 0.6) is 0 Å². The van der Waals surface area contributed by atoms with Gasteiger partial charge in [-0.3, -0.25) is 4.99 Å². The number of benzene rings is 3. The lowest BCUT2D eigenvalue weighted by Crippen LogP contribution is -2.26. The van der Waals surface area contributed by atoms with Gasteiger partial charge in [-0.05, 0) is 54.3 Å². The zero-order valence-electron chi connectivity index (χ0n) is 18.5. The van der Waals surface area contributed by atoms with Gasteiger partial charge in [0.1, 0.15) is 12.4 Å². The van der Waals surface area contributed by atoms with Crippen molar-refractivity contribution in [2.24, 2.45) is 10.1 Å². The lowest BCUT2D eigenvalue weighted by molar-refractivity contribution is -0.135. The van der Waals surface area contributed by atoms with Crippen LogP contribution in [-0.2, 0) is 9.53 Å². The average Bonchev–Trinajstić information content (AvgIpc) is 2.85. The van der Waals surface area contributed by atoms with Crippen LogP contribution in [0.3, 0.4) is 0 Å². The van der Waals surface area contributed by atoms with E-state index >= 15 is 0 Å². The smallest absolute Gasteiger partial charge is 0.354 e. The summed E-state index contributed by atoms with van der Waals surface area (Å²) in [4.78, 5) is 16.8. The Hall–Kier alpha value is -3.70.